The van der Waals surface area contributed by atoms with Crippen LogP contribution in [0.3, 0.4) is 0 Å². The number of thiazole rings is 1. The largest absolute Gasteiger partial charge is 0.328 e. The van der Waals surface area contributed by atoms with E-state index in [1.165, 1.54) is 10.3 Å². The Labute approximate surface area is 190 Å². The lowest BCUT2D eigenvalue weighted by Crippen LogP contribution is -2.36. The second-order valence-electron chi connectivity index (χ2n) is 7.96. The summed E-state index contributed by atoms with van der Waals surface area (Å²) in [6.07, 6.45) is 6.82. The molecule has 0 saturated carbocycles. The van der Waals surface area contributed by atoms with Crippen molar-refractivity contribution >= 4 is 21.6 Å². The molecule has 0 fully saturated rings. The van der Waals surface area contributed by atoms with Crippen LogP contribution in [0.4, 0.5) is 0 Å². The van der Waals surface area contributed by atoms with Gasteiger partial charge in [-0.2, -0.15) is 5.21 Å². The summed E-state index contributed by atoms with van der Waals surface area (Å²) in [6.45, 7) is 2.23. The van der Waals surface area contributed by atoms with Crippen LogP contribution in [0, 0.1) is 0 Å². The number of nitrogens with zero attached hydrogens (tertiary/aromatic N) is 7. The molecule has 0 radical (unpaired) electrons. The van der Waals surface area contributed by atoms with Gasteiger partial charge < -0.3 is 9.47 Å². The van der Waals surface area contributed by atoms with Crippen molar-refractivity contribution in [1.29, 1.82) is 0 Å². The van der Waals surface area contributed by atoms with Crippen LogP contribution in [0.1, 0.15) is 24.9 Å². The molecule has 162 valence electrons. The van der Waals surface area contributed by atoms with E-state index in [-0.39, 0.29) is 6.04 Å². The fourth-order valence-electron chi connectivity index (χ4n) is 4.22. The maximum Gasteiger partial charge on any atom is 0.204 e. The van der Waals surface area contributed by atoms with Gasteiger partial charge in [-0.1, -0.05) is 31.2 Å². The van der Waals surface area contributed by atoms with Crippen LogP contribution in [0.5, 0.6) is 0 Å². The van der Waals surface area contributed by atoms with Gasteiger partial charge in [0.15, 0.2) is 0 Å². The Morgan fingerprint density at radius 1 is 1.12 bits per heavy atom. The highest BCUT2D eigenvalue weighted by Crippen LogP contribution is 2.35. The summed E-state index contributed by atoms with van der Waals surface area (Å²) in [6, 6.07) is 15.2. The molecule has 0 saturated heterocycles. The molecule has 0 bridgehead atoms. The van der Waals surface area contributed by atoms with Crippen LogP contribution in [0.25, 0.3) is 32.2 Å². The van der Waals surface area contributed by atoms with E-state index in [1.54, 1.807) is 11.3 Å². The fourth-order valence-corrected chi connectivity index (χ4v) is 5.23. The number of H-pyrrole nitrogens is 1. The molecule has 3 heterocycles. The van der Waals surface area contributed by atoms with Gasteiger partial charge in [0.25, 0.3) is 0 Å². The molecule has 5 rings (SSSR count). The number of rotatable bonds is 7. The molecule has 0 aliphatic carbocycles. The maximum atomic E-state index is 4.89. The quantitative estimate of drug-likeness (QED) is 0.403. The van der Waals surface area contributed by atoms with Gasteiger partial charge in [-0.05, 0) is 49.5 Å². The number of imidazole rings is 1. The van der Waals surface area contributed by atoms with E-state index in [0.29, 0.717) is 11.9 Å². The zero-order valence-electron chi connectivity index (χ0n) is 18.2. The molecule has 1 N–H and O–H groups in total. The molecule has 0 spiro atoms. The highest BCUT2D eigenvalue weighted by Gasteiger charge is 2.25. The van der Waals surface area contributed by atoms with E-state index >= 15 is 0 Å². The van der Waals surface area contributed by atoms with E-state index in [2.05, 4.69) is 86.4 Å². The average Bonchev–Trinajstić information content (AvgIpc) is 3.58. The predicted octanol–water partition coefficient (Wildman–Crippen LogP) is 4.27. The third kappa shape index (κ3) is 3.80. The van der Waals surface area contributed by atoms with Crippen molar-refractivity contribution in [1.82, 2.24) is 40.1 Å². The van der Waals surface area contributed by atoms with Crippen LogP contribution >= 0.6 is 11.3 Å². The minimum Gasteiger partial charge on any atom is -0.328 e. The normalized spacial score (nSPS) is 13.6. The van der Waals surface area contributed by atoms with E-state index in [1.807, 2.05) is 30.9 Å². The number of aromatic nitrogens is 7. The van der Waals surface area contributed by atoms with Crippen molar-refractivity contribution in [3.05, 3.63) is 66.7 Å². The Kier molecular flexibility index (Phi) is 5.50. The van der Waals surface area contributed by atoms with Gasteiger partial charge in [0.1, 0.15) is 5.01 Å². The number of tetrazole rings is 1. The first-order valence-corrected chi connectivity index (χ1v) is 11.3. The molecular weight excluding hydrogens is 420 g/mol. The monoisotopic (exact) mass is 444 g/mol. The summed E-state index contributed by atoms with van der Waals surface area (Å²) in [7, 11) is 4.27. The first kappa shape index (κ1) is 20.5. The number of hydrogen-bond acceptors (Lipinski definition) is 7. The number of hydrogen-bond donors (Lipinski definition) is 1. The van der Waals surface area contributed by atoms with Crippen molar-refractivity contribution in [3.63, 3.8) is 0 Å². The van der Waals surface area contributed by atoms with Gasteiger partial charge in [-0.25, -0.2) is 9.97 Å². The first-order chi connectivity index (χ1) is 15.6. The predicted molar refractivity (Wildman–Crippen MR) is 126 cm³/mol. The third-order valence-electron chi connectivity index (χ3n) is 5.76. The summed E-state index contributed by atoms with van der Waals surface area (Å²) in [5.41, 5.74) is 4.21. The molecule has 32 heavy (non-hydrogen) atoms. The Balaban J connectivity index is 1.55. The Morgan fingerprint density at radius 2 is 2.00 bits per heavy atom. The molecule has 0 aliphatic rings. The van der Waals surface area contributed by atoms with Gasteiger partial charge in [0.2, 0.25) is 5.82 Å². The molecule has 5 aromatic rings. The average molecular weight is 445 g/mol. The molecule has 8 nitrogen and oxygen atoms in total. The molecule has 2 atom stereocenters. The second-order valence-corrected chi connectivity index (χ2v) is 8.99. The fraction of sp³-hybridized carbons (Fsp3) is 0.261. The Bertz CT molecular complexity index is 1310. The minimum atomic E-state index is 0.175. The van der Waals surface area contributed by atoms with Gasteiger partial charge in [0.05, 0.1) is 22.6 Å². The van der Waals surface area contributed by atoms with Crippen LogP contribution in [0.15, 0.2) is 61.2 Å². The van der Waals surface area contributed by atoms with Gasteiger partial charge in [0, 0.05) is 29.6 Å². The molecule has 2 aromatic carbocycles. The lowest BCUT2D eigenvalue weighted by Gasteiger charge is -2.33. The van der Waals surface area contributed by atoms with Crippen LogP contribution in [-0.4, -0.2) is 60.2 Å². The zero-order chi connectivity index (χ0) is 22.1. The van der Waals surface area contributed by atoms with Crippen molar-refractivity contribution in [2.75, 3.05) is 14.1 Å². The summed E-state index contributed by atoms with van der Waals surface area (Å²) in [5, 5.41) is 15.3. The topological polar surface area (TPSA) is 88.4 Å². The smallest absolute Gasteiger partial charge is 0.204 e. The van der Waals surface area contributed by atoms with E-state index < -0.39 is 0 Å². The number of aromatic amines is 1. The molecular formula is C23H24N8S. The third-order valence-corrected chi connectivity index (χ3v) is 6.83. The summed E-state index contributed by atoms with van der Waals surface area (Å²) in [5.74, 6) is 0.577. The lowest BCUT2D eigenvalue weighted by atomic mass is 9.96. The Hall–Kier alpha value is -3.43. The standard InChI is InChI=1S/C23H24N8S/c1-4-19(30(2)3)21(31-11-10-24-14-31)15-8-9-18-20(13-15)32-23(25-18)17-7-5-6-16(12-17)22-26-28-29-27-22/h5-14,19,21H,4H2,1-3H3,(H,26,27,28,29). The van der Waals surface area contributed by atoms with Crippen LogP contribution in [0.2, 0.25) is 0 Å². The van der Waals surface area contributed by atoms with Gasteiger partial charge in [-0.15, -0.1) is 21.5 Å². The summed E-state index contributed by atoms with van der Waals surface area (Å²) >= 11 is 1.70. The molecule has 0 amide bonds. The SMILES string of the molecule is CCC(C(c1ccc2nc(-c3cccc(-c4nn[nH]n4)c3)sc2c1)n1ccnc1)N(C)C. The van der Waals surface area contributed by atoms with Crippen molar-refractivity contribution in [3.8, 4) is 22.0 Å². The number of nitrogens with one attached hydrogen (secondary N) is 1. The summed E-state index contributed by atoms with van der Waals surface area (Å²) in [4.78, 5) is 11.5. The number of likely N-dealkylation sites (N-methyl/N-ethyl adjacent to an activating group) is 1. The lowest BCUT2D eigenvalue weighted by molar-refractivity contribution is 0.227. The Morgan fingerprint density at radius 3 is 2.72 bits per heavy atom. The minimum absolute atomic E-state index is 0.175. The van der Waals surface area contributed by atoms with Crippen molar-refractivity contribution in [2.24, 2.45) is 0 Å². The number of fused-ring (bicyclic) bond motifs is 1. The summed E-state index contributed by atoms with van der Waals surface area (Å²) < 4.78 is 3.37. The number of benzene rings is 2. The van der Waals surface area contributed by atoms with E-state index in [9.17, 15) is 0 Å². The molecule has 0 aliphatic heterocycles. The highest BCUT2D eigenvalue weighted by molar-refractivity contribution is 7.21. The van der Waals surface area contributed by atoms with E-state index in [0.717, 1.165) is 28.1 Å². The maximum absolute atomic E-state index is 4.89. The van der Waals surface area contributed by atoms with Crippen molar-refractivity contribution in [2.45, 2.75) is 25.4 Å². The first-order valence-electron chi connectivity index (χ1n) is 10.5. The van der Waals surface area contributed by atoms with Gasteiger partial charge in [-0.3, -0.25) is 0 Å². The zero-order valence-corrected chi connectivity index (χ0v) is 19.0. The highest BCUT2D eigenvalue weighted by atomic mass is 32.1. The van der Waals surface area contributed by atoms with Crippen LogP contribution < -0.4 is 0 Å². The van der Waals surface area contributed by atoms with Crippen LogP contribution in [-0.2, 0) is 0 Å². The van der Waals surface area contributed by atoms with Gasteiger partial charge >= 0.3 is 0 Å². The molecule has 9 heteroatoms. The molecule has 3 aromatic heterocycles. The second kappa shape index (κ2) is 8.60. The van der Waals surface area contributed by atoms with Crippen molar-refractivity contribution < 1.29 is 0 Å². The molecule has 2 unspecified atom stereocenters. The van der Waals surface area contributed by atoms with E-state index in [4.69, 9.17) is 4.98 Å².